The molecule has 1 fully saturated rings. The molecule has 7 nitrogen and oxygen atoms in total. The molecule has 1 unspecified atom stereocenters. The van der Waals surface area contributed by atoms with Gasteiger partial charge in [0, 0.05) is 26.4 Å². The van der Waals surface area contributed by atoms with Crippen molar-refractivity contribution < 1.29 is 9.53 Å². The number of amides is 1. The lowest BCUT2D eigenvalue weighted by molar-refractivity contribution is -0.115. The number of nitrogens with one attached hydrogen (secondary N) is 3. The zero-order valence-corrected chi connectivity index (χ0v) is 13.1. The summed E-state index contributed by atoms with van der Waals surface area (Å²) in [5, 5.41) is 8.93. The lowest BCUT2D eigenvalue weighted by atomic mass is 10.0. The van der Waals surface area contributed by atoms with Gasteiger partial charge in [0.25, 0.3) is 0 Å². The summed E-state index contributed by atoms with van der Waals surface area (Å²) in [6, 6.07) is 3.56. The minimum atomic E-state index is -0.157. The van der Waals surface area contributed by atoms with Crippen molar-refractivity contribution in [3.05, 3.63) is 24.5 Å². The molecule has 0 bridgehead atoms. The van der Waals surface area contributed by atoms with Crippen molar-refractivity contribution in [2.24, 2.45) is 4.99 Å². The average molecular weight is 305 g/mol. The van der Waals surface area contributed by atoms with Crippen LogP contribution in [0.15, 0.2) is 29.5 Å². The smallest absolute Gasteiger partial charge is 0.243 e. The van der Waals surface area contributed by atoms with E-state index in [0.717, 1.165) is 19.4 Å². The first kappa shape index (κ1) is 16.2. The highest BCUT2D eigenvalue weighted by Gasteiger charge is 2.29. The van der Waals surface area contributed by atoms with Crippen molar-refractivity contribution >= 4 is 17.6 Å². The first-order valence-electron chi connectivity index (χ1n) is 7.40. The maximum Gasteiger partial charge on any atom is 0.243 e. The van der Waals surface area contributed by atoms with E-state index in [9.17, 15) is 4.79 Å². The summed E-state index contributed by atoms with van der Waals surface area (Å²) in [6.07, 6.45) is 5.37. The number of aromatic nitrogens is 1. The molecule has 0 saturated carbocycles. The van der Waals surface area contributed by atoms with E-state index >= 15 is 0 Å². The summed E-state index contributed by atoms with van der Waals surface area (Å²) < 4.78 is 5.71. The van der Waals surface area contributed by atoms with Gasteiger partial charge in [0.15, 0.2) is 5.96 Å². The second-order valence-electron chi connectivity index (χ2n) is 5.47. The van der Waals surface area contributed by atoms with Crippen LogP contribution in [-0.2, 0) is 9.53 Å². The first-order chi connectivity index (χ1) is 10.6. The van der Waals surface area contributed by atoms with E-state index in [2.05, 4.69) is 32.9 Å². The SMILES string of the molecule is CN=C(NCC(=O)Nc1cccnc1)NCC1(C)CCCO1. The fourth-order valence-electron chi connectivity index (χ4n) is 2.27. The molecular weight excluding hydrogens is 282 g/mol. The highest BCUT2D eigenvalue weighted by molar-refractivity contribution is 5.94. The lowest BCUT2D eigenvalue weighted by Gasteiger charge is -2.24. The Hall–Kier alpha value is -2.15. The molecule has 0 radical (unpaired) electrons. The first-order valence-corrected chi connectivity index (χ1v) is 7.40. The van der Waals surface area contributed by atoms with Crippen LogP contribution in [0, 0.1) is 0 Å². The zero-order valence-electron chi connectivity index (χ0n) is 13.1. The number of anilines is 1. The minimum Gasteiger partial charge on any atom is -0.373 e. The molecule has 1 saturated heterocycles. The number of rotatable bonds is 5. The number of carbonyl (C=O) groups excluding carboxylic acids is 1. The van der Waals surface area contributed by atoms with Crippen molar-refractivity contribution in [1.29, 1.82) is 0 Å². The number of hydrogen-bond acceptors (Lipinski definition) is 4. The van der Waals surface area contributed by atoms with Crippen LogP contribution in [0.3, 0.4) is 0 Å². The van der Waals surface area contributed by atoms with E-state index in [1.54, 1.807) is 31.6 Å². The van der Waals surface area contributed by atoms with Gasteiger partial charge in [0.2, 0.25) is 5.91 Å². The third-order valence-electron chi connectivity index (χ3n) is 3.52. The lowest BCUT2D eigenvalue weighted by Crippen LogP contribution is -2.47. The molecule has 2 rings (SSSR count). The molecule has 1 aromatic rings. The van der Waals surface area contributed by atoms with Crippen molar-refractivity contribution in [3.63, 3.8) is 0 Å². The Kier molecular flexibility index (Phi) is 5.71. The number of hydrogen-bond donors (Lipinski definition) is 3. The normalized spacial score (nSPS) is 21.5. The third kappa shape index (κ3) is 5.00. The Morgan fingerprint density at radius 3 is 3.00 bits per heavy atom. The van der Waals surface area contributed by atoms with Gasteiger partial charge < -0.3 is 20.7 Å². The van der Waals surface area contributed by atoms with Gasteiger partial charge in [-0.3, -0.25) is 14.8 Å². The summed E-state index contributed by atoms with van der Waals surface area (Å²) in [5.74, 6) is 0.428. The predicted molar refractivity (Wildman–Crippen MR) is 85.8 cm³/mol. The summed E-state index contributed by atoms with van der Waals surface area (Å²) in [6.45, 7) is 3.68. The van der Waals surface area contributed by atoms with Gasteiger partial charge in [0.05, 0.1) is 24.0 Å². The number of guanidine groups is 1. The van der Waals surface area contributed by atoms with Crippen LogP contribution in [0.1, 0.15) is 19.8 Å². The summed E-state index contributed by atoms with van der Waals surface area (Å²) in [5.41, 5.74) is 0.513. The standard InChI is InChI=1S/C15H23N5O2/c1-15(6-4-8-22-15)11-19-14(16-2)18-10-13(21)20-12-5-3-7-17-9-12/h3,5,7,9H,4,6,8,10-11H2,1-2H3,(H,20,21)(H2,16,18,19). The molecule has 2 heterocycles. The van der Waals surface area contributed by atoms with E-state index in [-0.39, 0.29) is 18.1 Å². The number of pyridine rings is 1. The van der Waals surface area contributed by atoms with E-state index in [1.807, 2.05) is 0 Å². The predicted octanol–water partition coefficient (Wildman–Crippen LogP) is 0.754. The van der Waals surface area contributed by atoms with Crippen molar-refractivity contribution in [1.82, 2.24) is 15.6 Å². The Labute approximate surface area is 130 Å². The monoisotopic (exact) mass is 305 g/mol. The van der Waals surface area contributed by atoms with Crippen LogP contribution in [0.5, 0.6) is 0 Å². The van der Waals surface area contributed by atoms with E-state index in [4.69, 9.17) is 4.74 Å². The van der Waals surface area contributed by atoms with Gasteiger partial charge in [-0.25, -0.2) is 0 Å². The Bertz CT molecular complexity index is 512. The van der Waals surface area contributed by atoms with Crippen molar-refractivity contribution in [3.8, 4) is 0 Å². The largest absolute Gasteiger partial charge is 0.373 e. The van der Waals surface area contributed by atoms with Crippen LogP contribution in [0.4, 0.5) is 5.69 Å². The van der Waals surface area contributed by atoms with Crippen LogP contribution in [0.25, 0.3) is 0 Å². The van der Waals surface area contributed by atoms with Crippen molar-refractivity contribution in [2.75, 3.05) is 32.1 Å². The molecule has 1 atom stereocenters. The molecule has 22 heavy (non-hydrogen) atoms. The Morgan fingerprint density at radius 2 is 2.36 bits per heavy atom. The van der Waals surface area contributed by atoms with Crippen LogP contribution in [0.2, 0.25) is 0 Å². The van der Waals surface area contributed by atoms with E-state index < -0.39 is 0 Å². The third-order valence-corrected chi connectivity index (χ3v) is 3.52. The molecular formula is C15H23N5O2. The highest BCUT2D eigenvalue weighted by Crippen LogP contribution is 2.23. The highest BCUT2D eigenvalue weighted by atomic mass is 16.5. The van der Waals surface area contributed by atoms with E-state index in [0.29, 0.717) is 18.2 Å². The molecule has 120 valence electrons. The second-order valence-corrected chi connectivity index (χ2v) is 5.47. The molecule has 1 amide bonds. The summed E-state index contributed by atoms with van der Waals surface area (Å²) >= 11 is 0. The van der Waals surface area contributed by atoms with E-state index in [1.165, 1.54) is 0 Å². The van der Waals surface area contributed by atoms with Crippen LogP contribution < -0.4 is 16.0 Å². The molecule has 1 aromatic heterocycles. The number of aliphatic imine (C=N–C) groups is 1. The maximum atomic E-state index is 11.8. The van der Waals surface area contributed by atoms with Gasteiger partial charge >= 0.3 is 0 Å². The van der Waals surface area contributed by atoms with Crippen LogP contribution in [-0.4, -0.2) is 49.2 Å². The molecule has 1 aliphatic rings. The summed E-state index contributed by atoms with van der Waals surface area (Å²) in [7, 11) is 1.67. The van der Waals surface area contributed by atoms with Gasteiger partial charge in [-0.1, -0.05) is 0 Å². The van der Waals surface area contributed by atoms with Gasteiger partial charge in [0.1, 0.15) is 0 Å². The fourth-order valence-corrected chi connectivity index (χ4v) is 2.27. The van der Waals surface area contributed by atoms with Gasteiger partial charge in [-0.2, -0.15) is 0 Å². The second kappa shape index (κ2) is 7.74. The maximum absolute atomic E-state index is 11.8. The zero-order chi connectivity index (χ0) is 15.8. The molecule has 1 aliphatic heterocycles. The van der Waals surface area contributed by atoms with Gasteiger partial charge in [-0.15, -0.1) is 0 Å². The molecule has 3 N–H and O–H groups in total. The van der Waals surface area contributed by atoms with Crippen LogP contribution >= 0.6 is 0 Å². The number of carbonyl (C=O) groups is 1. The minimum absolute atomic E-state index is 0.131. The molecule has 0 aromatic carbocycles. The molecule has 0 spiro atoms. The Balaban J connectivity index is 1.73. The molecule has 0 aliphatic carbocycles. The Morgan fingerprint density at radius 1 is 1.50 bits per heavy atom. The topological polar surface area (TPSA) is 87.6 Å². The quantitative estimate of drug-likeness (QED) is 0.552. The number of nitrogens with zero attached hydrogens (tertiary/aromatic N) is 2. The van der Waals surface area contributed by atoms with Crippen molar-refractivity contribution in [2.45, 2.75) is 25.4 Å². The number of ether oxygens (including phenoxy) is 1. The fraction of sp³-hybridized carbons (Fsp3) is 0.533. The van der Waals surface area contributed by atoms with Gasteiger partial charge in [-0.05, 0) is 31.9 Å². The summed E-state index contributed by atoms with van der Waals surface area (Å²) in [4.78, 5) is 19.9. The molecule has 7 heteroatoms. The average Bonchev–Trinajstić information content (AvgIpc) is 2.95.